The lowest BCUT2D eigenvalue weighted by Crippen LogP contribution is -2.06. The number of hydrogen-bond acceptors (Lipinski definition) is 2. The van der Waals surface area contributed by atoms with Crippen molar-refractivity contribution in [3.05, 3.63) is 76.9 Å². The molecule has 0 amide bonds. The summed E-state index contributed by atoms with van der Waals surface area (Å²) in [6.07, 6.45) is 4.31. The smallest absolute Gasteiger partial charge is 0.337 e. The van der Waals surface area contributed by atoms with Crippen LogP contribution in [0.2, 0.25) is 0 Å². The molecule has 100 valence electrons. The van der Waals surface area contributed by atoms with Crippen LogP contribution < -0.4 is 0 Å². The van der Waals surface area contributed by atoms with Crippen molar-refractivity contribution in [2.75, 3.05) is 7.11 Å². The Morgan fingerprint density at radius 1 is 1.10 bits per heavy atom. The van der Waals surface area contributed by atoms with Crippen LogP contribution in [0.25, 0.3) is 5.57 Å². The number of ether oxygens (including phenoxy) is 1. The highest BCUT2D eigenvalue weighted by Gasteiger charge is 2.16. The lowest BCUT2D eigenvalue weighted by Gasteiger charge is -2.19. The zero-order valence-electron chi connectivity index (χ0n) is 11.4. The number of rotatable bonds is 2. The second-order valence-corrected chi connectivity index (χ2v) is 4.89. The molecule has 0 spiro atoms. The Morgan fingerprint density at radius 2 is 1.90 bits per heavy atom. The maximum atomic E-state index is 11.7. The number of hydrogen-bond donors (Lipinski definition) is 0. The summed E-state index contributed by atoms with van der Waals surface area (Å²) in [4.78, 5) is 11.7. The van der Waals surface area contributed by atoms with Gasteiger partial charge in [0, 0.05) is 0 Å². The fourth-order valence-electron chi connectivity index (χ4n) is 2.66. The van der Waals surface area contributed by atoms with E-state index >= 15 is 0 Å². The van der Waals surface area contributed by atoms with Crippen LogP contribution in [0, 0.1) is 0 Å². The molecule has 0 saturated heterocycles. The summed E-state index contributed by atoms with van der Waals surface area (Å²) in [6.45, 7) is 0. The number of methoxy groups -OCH3 is 1. The zero-order chi connectivity index (χ0) is 13.9. The Hall–Kier alpha value is -2.35. The summed E-state index contributed by atoms with van der Waals surface area (Å²) >= 11 is 0. The van der Waals surface area contributed by atoms with E-state index in [-0.39, 0.29) is 5.97 Å². The van der Waals surface area contributed by atoms with E-state index in [2.05, 4.69) is 18.2 Å². The van der Waals surface area contributed by atoms with Crippen molar-refractivity contribution < 1.29 is 9.53 Å². The molecule has 2 aromatic carbocycles. The summed E-state index contributed by atoms with van der Waals surface area (Å²) in [6, 6.07) is 16.1. The molecule has 1 aliphatic carbocycles. The highest BCUT2D eigenvalue weighted by Crippen LogP contribution is 2.32. The first-order valence-electron chi connectivity index (χ1n) is 6.77. The number of fused-ring (bicyclic) bond motifs is 1. The van der Waals surface area contributed by atoms with Crippen LogP contribution in [-0.4, -0.2) is 13.1 Å². The molecule has 20 heavy (non-hydrogen) atoms. The minimum absolute atomic E-state index is 0.286. The highest BCUT2D eigenvalue weighted by atomic mass is 16.5. The van der Waals surface area contributed by atoms with Crippen LogP contribution in [0.1, 0.15) is 33.5 Å². The standard InChI is InChI=1S/C18H16O2/c1-20-18(19)15-11-10-14-8-5-9-16(17(14)12-15)13-6-3-2-4-7-13/h2-4,6-7,9-12H,5,8H2,1H3. The van der Waals surface area contributed by atoms with Crippen LogP contribution in [-0.2, 0) is 11.2 Å². The lowest BCUT2D eigenvalue weighted by molar-refractivity contribution is 0.0600. The third-order valence-corrected chi connectivity index (χ3v) is 3.67. The maximum absolute atomic E-state index is 11.7. The molecule has 0 unspecified atom stereocenters. The molecule has 0 bridgehead atoms. The zero-order valence-corrected chi connectivity index (χ0v) is 11.4. The van der Waals surface area contributed by atoms with E-state index < -0.39 is 0 Å². The first-order chi connectivity index (χ1) is 9.79. The average molecular weight is 264 g/mol. The maximum Gasteiger partial charge on any atom is 0.337 e. The van der Waals surface area contributed by atoms with Gasteiger partial charge in [-0.2, -0.15) is 0 Å². The van der Waals surface area contributed by atoms with E-state index in [0.29, 0.717) is 5.56 Å². The van der Waals surface area contributed by atoms with E-state index in [4.69, 9.17) is 4.74 Å². The summed E-state index contributed by atoms with van der Waals surface area (Å²) in [5, 5.41) is 0. The van der Waals surface area contributed by atoms with Gasteiger partial charge in [-0.3, -0.25) is 0 Å². The summed E-state index contributed by atoms with van der Waals surface area (Å²) in [5.41, 5.74) is 5.44. The van der Waals surface area contributed by atoms with Crippen molar-refractivity contribution in [3.63, 3.8) is 0 Å². The Morgan fingerprint density at radius 3 is 2.65 bits per heavy atom. The van der Waals surface area contributed by atoms with Gasteiger partial charge in [0.05, 0.1) is 12.7 Å². The Bertz CT molecular complexity index is 669. The van der Waals surface area contributed by atoms with Crippen LogP contribution >= 0.6 is 0 Å². The van der Waals surface area contributed by atoms with Crippen molar-refractivity contribution in [1.82, 2.24) is 0 Å². The third kappa shape index (κ3) is 2.25. The fourth-order valence-corrected chi connectivity index (χ4v) is 2.66. The number of esters is 1. The first kappa shape index (κ1) is 12.7. The van der Waals surface area contributed by atoms with E-state index in [1.807, 2.05) is 36.4 Å². The number of aryl methyl sites for hydroxylation is 1. The van der Waals surface area contributed by atoms with Crippen LogP contribution in [0.3, 0.4) is 0 Å². The van der Waals surface area contributed by atoms with Crippen molar-refractivity contribution in [2.45, 2.75) is 12.8 Å². The lowest BCUT2D eigenvalue weighted by atomic mass is 9.86. The molecule has 0 radical (unpaired) electrons. The van der Waals surface area contributed by atoms with E-state index in [9.17, 15) is 4.79 Å². The Labute approximate surface area is 118 Å². The molecule has 0 heterocycles. The third-order valence-electron chi connectivity index (χ3n) is 3.67. The monoisotopic (exact) mass is 264 g/mol. The SMILES string of the molecule is COC(=O)c1ccc2c(c1)C(c1ccccc1)=CCC2. The van der Waals surface area contributed by atoms with Gasteiger partial charge >= 0.3 is 5.97 Å². The first-order valence-corrected chi connectivity index (χ1v) is 6.77. The van der Waals surface area contributed by atoms with Gasteiger partial charge in [-0.25, -0.2) is 4.79 Å². The van der Waals surface area contributed by atoms with Crippen molar-refractivity contribution in [3.8, 4) is 0 Å². The predicted octanol–water partition coefficient (Wildman–Crippen LogP) is 3.85. The molecule has 2 nitrogen and oxygen atoms in total. The topological polar surface area (TPSA) is 26.3 Å². The number of benzene rings is 2. The second-order valence-electron chi connectivity index (χ2n) is 4.89. The molecule has 1 aliphatic rings. The van der Waals surface area contributed by atoms with Gasteiger partial charge in [-0.1, -0.05) is 42.5 Å². The van der Waals surface area contributed by atoms with E-state index in [1.165, 1.54) is 23.8 Å². The van der Waals surface area contributed by atoms with Crippen LogP contribution in [0.4, 0.5) is 0 Å². The Kier molecular flexibility index (Phi) is 3.38. The van der Waals surface area contributed by atoms with Gasteiger partial charge in [-0.05, 0) is 47.2 Å². The average Bonchev–Trinajstić information content (AvgIpc) is 2.54. The molecule has 0 atom stereocenters. The molecule has 3 rings (SSSR count). The van der Waals surface area contributed by atoms with Gasteiger partial charge in [0.1, 0.15) is 0 Å². The van der Waals surface area contributed by atoms with Gasteiger partial charge in [-0.15, -0.1) is 0 Å². The Balaban J connectivity index is 2.09. The van der Waals surface area contributed by atoms with Crippen LogP contribution in [0.5, 0.6) is 0 Å². The van der Waals surface area contributed by atoms with Crippen molar-refractivity contribution in [1.29, 1.82) is 0 Å². The molecular weight excluding hydrogens is 248 g/mol. The molecule has 2 aromatic rings. The fraction of sp³-hybridized carbons (Fsp3) is 0.167. The minimum Gasteiger partial charge on any atom is -0.465 e. The molecule has 2 heteroatoms. The number of carbonyl (C=O) groups excluding carboxylic acids is 1. The number of carbonyl (C=O) groups is 1. The van der Waals surface area contributed by atoms with Gasteiger partial charge in [0.2, 0.25) is 0 Å². The quantitative estimate of drug-likeness (QED) is 0.770. The molecule has 0 saturated carbocycles. The van der Waals surface area contributed by atoms with Gasteiger partial charge < -0.3 is 4.74 Å². The van der Waals surface area contributed by atoms with Gasteiger partial charge in [0.15, 0.2) is 0 Å². The summed E-state index contributed by atoms with van der Waals surface area (Å²) in [5.74, 6) is -0.286. The normalized spacial score (nSPS) is 13.3. The highest BCUT2D eigenvalue weighted by molar-refractivity contribution is 5.92. The van der Waals surface area contributed by atoms with Crippen molar-refractivity contribution >= 4 is 11.5 Å². The summed E-state index contributed by atoms with van der Waals surface area (Å²) in [7, 11) is 1.41. The van der Waals surface area contributed by atoms with Crippen LogP contribution in [0.15, 0.2) is 54.6 Å². The summed E-state index contributed by atoms with van der Waals surface area (Å²) < 4.78 is 4.81. The van der Waals surface area contributed by atoms with Gasteiger partial charge in [0.25, 0.3) is 0 Å². The second kappa shape index (κ2) is 5.33. The minimum atomic E-state index is -0.286. The molecule has 0 aliphatic heterocycles. The molecule has 0 N–H and O–H groups in total. The number of allylic oxidation sites excluding steroid dienone is 1. The molecule has 0 aromatic heterocycles. The van der Waals surface area contributed by atoms with Crippen molar-refractivity contribution in [2.24, 2.45) is 0 Å². The van der Waals surface area contributed by atoms with E-state index in [1.54, 1.807) is 0 Å². The largest absolute Gasteiger partial charge is 0.465 e. The van der Waals surface area contributed by atoms with E-state index in [0.717, 1.165) is 18.4 Å². The molecular formula is C18H16O2. The molecule has 0 fully saturated rings. The predicted molar refractivity (Wildman–Crippen MR) is 79.6 cm³/mol.